The van der Waals surface area contributed by atoms with E-state index in [2.05, 4.69) is 9.80 Å². The van der Waals surface area contributed by atoms with Gasteiger partial charge in [-0.3, -0.25) is 4.90 Å². The van der Waals surface area contributed by atoms with E-state index in [4.69, 9.17) is 14.2 Å². The first-order valence-electron chi connectivity index (χ1n) is 8.69. The molecule has 7 nitrogen and oxygen atoms in total. The van der Waals surface area contributed by atoms with E-state index >= 15 is 0 Å². The minimum absolute atomic E-state index is 0.486. The number of carboxylic acid groups (broad SMARTS) is 1. The number of methoxy groups -OCH3 is 2. The molecule has 1 fully saturated rings. The third kappa shape index (κ3) is 3.99. The third-order valence-electron chi connectivity index (χ3n) is 4.89. The number of hydrogen-bond donors (Lipinski definition) is 1. The van der Waals surface area contributed by atoms with E-state index in [0.29, 0.717) is 18.6 Å². The van der Waals surface area contributed by atoms with Crippen LogP contribution in [-0.4, -0.2) is 75.6 Å². The van der Waals surface area contributed by atoms with Crippen molar-refractivity contribution in [1.29, 1.82) is 0 Å². The third-order valence-corrected chi connectivity index (χ3v) is 4.89. The van der Waals surface area contributed by atoms with E-state index < -0.39 is 12.1 Å². The van der Waals surface area contributed by atoms with Crippen LogP contribution in [0.5, 0.6) is 11.5 Å². The number of carboxylic acids is 1. The maximum atomic E-state index is 11.3. The van der Waals surface area contributed by atoms with Crippen molar-refractivity contribution in [2.75, 3.05) is 58.5 Å². The van der Waals surface area contributed by atoms with Crippen LogP contribution in [0, 0.1) is 0 Å². The van der Waals surface area contributed by atoms with Crippen LogP contribution in [-0.2, 0) is 16.0 Å². The smallest absolute Gasteiger partial charge is 0.344 e. The van der Waals surface area contributed by atoms with Gasteiger partial charge in [0, 0.05) is 51.5 Å². The Morgan fingerprint density at radius 3 is 2.68 bits per heavy atom. The molecule has 2 aliphatic heterocycles. The monoisotopic (exact) mass is 350 g/mol. The topological polar surface area (TPSA) is 71.5 Å². The first kappa shape index (κ1) is 17.8. The number of carbonyl (C=O) groups is 1. The second kappa shape index (κ2) is 7.93. The molecule has 0 spiro atoms. The number of fused-ring (bicyclic) bond motifs is 1. The van der Waals surface area contributed by atoms with Gasteiger partial charge in [-0.05, 0) is 18.9 Å². The number of hydrogen-bond acceptors (Lipinski definition) is 6. The highest BCUT2D eigenvalue weighted by atomic mass is 16.5. The van der Waals surface area contributed by atoms with Crippen LogP contribution in [0.3, 0.4) is 0 Å². The summed E-state index contributed by atoms with van der Waals surface area (Å²) in [5, 5.41) is 9.30. The quantitative estimate of drug-likeness (QED) is 0.828. The maximum absolute atomic E-state index is 11.3. The standard InChI is InChI=1S/C18H26N2O5/c1-23-10-9-19-5-7-20(8-6-19)15-12-14(24-2)11-13-3-4-16(18(21)22)25-17(13)15/h11-12,16H,3-10H2,1-2H3,(H,21,22). The van der Waals surface area contributed by atoms with Crippen molar-refractivity contribution in [3.8, 4) is 11.5 Å². The molecule has 138 valence electrons. The van der Waals surface area contributed by atoms with Gasteiger partial charge in [0.1, 0.15) is 11.5 Å². The highest BCUT2D eigenvalue weighted by Crippen LogP contribution is 2.41. The fourth-order valence-electron chi connectivity index (χ4n) is 3.41. The Kier molecular flexibility index (Phi) is 5.65. The average molecular weight is 350 g/mol. The van der Waals surface area contributed by atoms with Crippen LogP contribution < -0.4 is 14.4 Å². The van der Waals surface area contributed by atoms with Crippen LogP contribution >= 0.6 is 0 Å². The van der Waals surface area contributed by atoms with Gasteiger partial charge in [0.2, 0.25) is 0 Å². The summed E-state index contributed by atoms with van der Waals surface area (Å²) in [4.78, 5) is 16.0. The molecular formula is C18H26N2O5. The van der Waals surface area contributed by atoms with Gasteiger partial charge in [-0.1, -0.05) is 0 Å². The number of piperazine rings is 1. The normalized spacial score (nSPS) is 20.7. The molecule has 0 bridgehead atoms. The molecule has 1 atom stereocenters. The van der Waals surface area contributed by atoms with Gasteiger partial charge in [0.15, 0.2) is 6.10 Å². The fraction of sp³-hybridized carbons (Fsp3) is 0.611. The predicted octanol–water partition coefficient (Wildman–Crippen LogP) is 1.24. The van der Waals surface area contributed by atoms with E-state index in [9.17, 15) is 9.90 Å². The summed E-state index contributed by atoms with van der Waals surface area (Å²) in [7, 11) is 3.37. The number of aryl methyl sites for hydroxylation is 1. The summed E-state index contributed by atoms with van der Waals surface area (Å²) in [5.41, 5.74) is 1.96. The molecule has 0 aromatic heterocycles. The van der Waals surface area contributed by atoms with Crippen molar-refractivity contribution in [2.45, 2.75) is 18.9 Å². The summed E-state index contributed by atoms with van der Waals surface area (Å²) >= 11 is 0. The van der Waals surface area contributed by atoms with Crippen LogP contribution in [0.25, 0.3) is 0 Å². The Morgan fingerprint density at radius 1 is 1.28 bits per heavy atom. The first-order valence-corrected chi connectivity index (χ1v) is 8.69. The highest BCUT2D eigenvalue weighted by molar-refractivity contribution is 5.75. The Labute approximate surface area is 148 Å². The zero-order valence-corrected chi connectivity index (χ0v) is 14.9. The fourth-order valence-corrected chi connectivity index (χ4v) is 3.41. The Bertz CT molecular complexity index is 614. The molecule has 0 saturated carbocycles. The number of aliphatic carboxylic acids is 1. The SMILES string of the molecule is COCCN1CCN(c2cc(OC)cc3c2OC(C(=O)O)CC3)CC1. The maximum Gasteiger partial charge on any atom is 0.344 e. The molecule has 3 rings (SSSR count). The molecule has 7 heteroatoms. The van der Waals surface area contributed by atoms with Crippen molar-refractivity contribution < 1.29 is 24.1 Å². The molecule has 2 heterocycles. The lowest BCUT2D eigenvalue weighted by Crippen LogP contribution is -2.47. The van der Waals surface area contributed by atoms with Crippen molar-refractivity contribution in [3.63, 3.8) is 0 Å². The molecule has 1 aromatic carbocycles. The van der Waals surface area contributed by atoms with E-state index in [1.807, 2.05) is 12.1 Å². The minimum Gasteiger partial charge on any atom is -0.497 e. The van der Waals surface area contributed by atoms with Crippen LogP contribution in [0.15, 0.2) is 12.1 Å². The van der Waals surface area contributed by atoms with Gasteiger partial charge < -0.3 is 24.2 Å². The number of benzene rings is 1. The van der Waals surface area contributed by atoms with Crippen LogP contribution in [0.1, 0.15) is 12.0 Å². The molecule has 1 aromatic rings. The number of nitrogens with zero attached hydrogens (tertiary/aromatic N) is 2. The molecule has 1 N–H and O–H groups in total. The molecule has 0 amide bonds. The molecule has 1 saturated heterocycles. The molecule has 0 aliphatic carbocycles. The molecule has 25 heavy (non-hydrogen) atoms. The minimum atomic E-state index is -0.906. The Morgan fingerprint density at radius 2 is 2.04 bits per heavy atom. The van der Waals surface area contributed by atoms with E-state index in [-0.39, 0.29) is 0 Å². The van der Waals surface area contributed by atoms with Crippen molar-refractivity contribution in [2.24, 2.45) is 0 Å². The lowest BCUT2D eigenvalue weighted by molar-refractivity contribution is -0.145. The van der Waals surface area contributed by atoms with E-state index in [0.717, 1.165) is 56.3 Å². The van der Waals surface area contributed by atoms with Gasteiger partial charge in [-0.25, -0.2) is 4.79 Å². The largest absolute Gasteiger partial charge is 0.497 e. The molecular weight excluding hydrogens is 324 g/mol. The number of rotatable bonds is 6. The van der Waals surface area contributed by atoms with E-state index in [1.54, 1.807) is 14.2 Å². The summed E-state index contributed by atoms with van der Waals surface area (Å²) in [6.45, 7) is 5.28. The van der Waals surface area contributed by atoms with Gasteiger partial charge >= 0.3 is 5.97 Å². The first-order chi connectivity index (χ1) is 12.1. The summed E-state index contributed by atoms with van der Waals surface area (Å²) < 4.78 is 16.4. The van der Waals surface area contributed by atoms with Gasteiger partial charge in [-0.2, -0.15) is 0 Å². The lowest BCUT2D eigenvalue weighted by Gasteiger charge is -2.38. The molecule has 0 radical (unpaired) electrons. The Balaban J connectivity index is 1.80. The highest BCUT2D eigenvalue weighted by Gasteiger charge is 2.30. The summed E-state index contributed by atoms with van der Waals surface area (Å²) in [6, 6.07) is 3.90. The zero-order chi connectivity index (χ0) is 17.8. The van der Waals surface area contributed by atoms with Crippen LogP contribution in [0.2, 0.25) is 0 Å². The molecule has 2 aliphatic rings. The summed E-state index contributed by atoms with van der Waals surface area (Å²) in [5.74, 6) is 0.578. The lowest BCUT2D eigenvalue weighted by atomic mass is 10.00. The predicted molar refractivity (Wildman–Crippen MR) is 93.9 cm³/mol. The summed E-state index contributed by atoms with van der Waals surface area (Å²) in [6.07, 6.45) is 0.395. The van der Waals surface area contributed by atoms with Gasteiger partial charge in [0.05, 0.1) is 19.4 Å². The van der Waals surface area contributed by atoms with Gasteiger partial charge in [-0.15, -0.1) is 0 Å². The number of ether oxygens (including phenoxy) is 3. The van der Waals surface area contributed by atoms with Gasteiger partial charge in [0.25, 0.3) is 0 Å². The van der Waals surface area contributed by atoms with Crippen molar-refractivity contribution in [3.05, 3.63) is 17.7 Å². The second-order valence-electron chi connectivity index (χ2n) is 6.44. The van der Waals surface area contributed by atoms with Crippen molar-refractivity contribution >= 4 is 11.7 Å². The van der Waals surface area contributed by atoms with E-state index in [1.165, 1.54) is 0 Å². The number of anilines is 1. The van der Waals surface area contributed by atoms with Crippen molar-refractivity contribution in [1.82, 2.24) is 4.90 Å². The molecule has 1 unspecified atom stereocenters. The zero-order valence-electron chi connectivity index (χ0n) is 14.9. The second-order valence-corrected chi connectivity index (χ2v) is 6.44. The average Bonchev–Trinajstić information content (AvgIpc) is 2.65. The Hall–Kier alpha value is -1.99. The van der Waals surface area contributed by atoms with Crippen LogP contribution in [0.4, 0.5) is 5.69 Å².